The molecule has 214 valence electrons. The molecule has 3 N–H and O–H groups in total. The Bertz CT molecular complexity index is 818. The number of ether oxygens (including phenoxy) is 3. The van der Waals surface area contributed by atoms with E-state index in [0.29, 0.717) is 12.0 Å². The van der Waals surface area contributed by atoms with Gasteiger partial charge in [0.25, 0.3) is 0 Å². The maximum atomic E-state index is 12.8. The summed E-state index contributed by atoms with van der Waals surface area (Å²) >= 11 is 0. The average Bonchev–Trinajstić information content (AvgIpc) is 2.93. The smallest absolute Gasteiger partial charge is 0.338 e. The van der Waals surface area contributed by atoms with Crippen LogP contribution in [0.15, 0.2) is 30.3 Å². The summed E-state index contributed by atoms with van der Waals surface area (Å²) in [6, 6.07) is 8.32. The van der Waals surface area contributed by atoms with Crippen LogP contribution in [0.5, 0.6) is 0 Å². The minimum Gasteiger partial charge on any atom is -0.458 e. The molecule has 0 radical (unpaired) electrons. The lowest BCUT2D eigenvalue weighted by Crippen LogP contribution is -2.55. The van der Waals surface area contributed by atoms with Crippen LogP contribution < -0.4 is 5.48 Å². The monoisotopic (exact) mass is 535 g/mol. The highest BCUT2D eigenvalue weighted by Gasteiger charge is 2.46. The molecule has 4 atom stereocenters. The first-order valence-corrected chi connectivity index (χ1v) is 14.1. The summed E-state index contributed by atoms with van der Waals surface area (Å²) in [5, 5.41) is 18.8. The first-order chi connectivity index (χ1) is 18.5. The molecule has 0 saturated carbocycles. The summed E-state index contributed by atoms with van der Waals surface area (Å²) < 4.78 is 17.0. The Kier molecular flexibility index (Phi) is 15.6. The summed E-state index contributed by atoms with van der Waals surface area (Å²) in [5.74, 6) is -2.46. The Labute approximate surface area is 226 Å². The van der Waals surface area contributed by atoms with Crippen LogP contribution in [0.3, 0.4) is 0 Å². The zero-order chi connectivity index (χ0) is 27.6. The molecule has 1 amide bonds. The van der Waals surface area contributed by atoms with Gasteiger partial charge in [-0.15, -0.1) is 0 Å². The highest BCUT2D eigenvalue weighted by Crippen LogP contribution is 2.29. The molecule has 9 nitrogen and oxygen atoms in total. The van der Waals surface area contributed by atoms with Gasteiger partial charge in [0.15, 0.2) is 6.10 Å². The number of carbonyl (C=O) groups excluding carboxylic acids is 3. The van der Waals surface area contributed by atoms with Crippen molar-refractivity contribution in [1.82, 2.24) is 5.48 Å². The van der Waals surface area contributed by atoms with Gasteiger partial charge in [-0.05, 0) is 18.6 Å². The highest BCUT2D eigenvalue weighted by molar-refractivity contribution is 5.89. The van der Waals surface area contributed by atoms with Crippen LogP contribution in [-0.4, -0.2) is 59.7 Å². The van der Waals surface area contributed by atoms with E-state index in [9.17, 15) is 19.5 Å². The molecule has 1 aliphatic rings. The molecule has 0 unspecified atom stereocenters. The van der Waals surface area contributed by atoms with Crippen molar-refractivity contribution >= 4 is 17.8 Å². The topological polar surface area (TPSA) is 131 Å². The predicted octanol–water partition coefficient (Wildman–Crippen LogP) is 4.73. The van der Waals surface area contributed by atoms with Crippen molar-refractivity contribution in [2.24, 2.45) is 5.92 Å². The van der Waals surface area contributed by atoms with Crippen molar-refractivity contribution in [3.63, 3.8) is 0 Å². The molecule has 1 aromatic carbocycles. The number of hydrogen-bond donors (Lipinski definition) is 3. The summed E-state index contributed by atoms with van der Waals surface area (Å²) in [7, 11) is 0. The number of nitrogens with one attached hydrogen (secondary N) is 1. The average molecular weight is 536 g/mol. The molecule has 0 aliphatic carbocycles. The Morgan fingerprint density at radius 3 is 2.08 bits per heavy atom. The number of amides is 1. The maximum absolute atomic E-state index is 12.8. The van der Waals surface area contributed by atoms with Crippen LogP contribution in [0.4, 0.5) is 0 Å². The molecule has 1 heterocycles. The molecule has 1 aromatic rings. The lowest BCUT2D eigenvalue weighted by atomic mass is 9.89. The van der Waals surface area contributed by atoms with E-state index in [1.807, 2.05) is 0 Å². The van der Waals surface area contributed by atoms with E-state index in [2.05, 4.69) is 6.92 Å². The summed E-state index contributed by atoms with van der Waals surface area (Å²) in [6.45, 7) is 1.76. The molecule has 38 heavy (non-hydrogen) atoms. The van der Waals surface area contributed by atoms with Gasteiger partial charge in [0.1, 0.15) is 12.2 Å². The minimum absolute atomic E-state index is 0.00553. The quantitative estimate of drug-likeness (QED) is 0.106. The fourth-order valence-electron chi connectivity index (χ4n) is 4.75. The van der Waals surface area contributed by atoms with Crippen LogP contribution in [0.25, 0.3) is 0 Å². The zero-order valence-corrected chi connectivity index (χ0v) is 22.6. The Morgan fingerprint density at radius 1 is 0.895 bits per heavy atom. The van der Waals surface area contributed by atoms with E-state index >= 15 is 0 Å². The second kappa shape index (κ2) is 18.7. The fourth-order valence-corrected chi connectivity index (χ4v) is 4.75. The molecule has 0 bridgehead atoms. The second-order valence-corrected chi connectivity index (χ2v) is 10.0. The lowest BCUT2D eigenvalue weighted by Gasteiger charge is -2.40. The van der Waals surface area contributed by atoms with Gasteiger partial charge in [-0.25, -0.2) is 10.3 Å². The van der Waals surface area contributed by atoms with Crippen LogP contribution in [0.1, 0.15) is 101 Å². The number of carbonyl (C=O) groups is 3. The third-order valence-corrected chi connectivity index (χ3v) is 6.94. The molecule has 9 heteroatoms. The van der Waals surface area contributed by atoms with Crippen molar-refractivity contribution in [2.75, 3.05) is 13.2 Å². The number of esters is 2. The lowest BCUT2D eigenvalue weighted by molar-refractivity contribution is -0.201. The van der Waals surface area contributed by atoms with Crippen molar-refractivity contribution in [3.05, 3.63) is 35.9 Å². The fraction of sp³-hybridized carbons (Fsp3) is 0.690. The number of benzene rings is 1. The van der Waals surface area contributed by atoms with Crippen molar-refractivity contribution in [3.8, 4) is 0 Å². The SMILES string of the molecule is CCCCCCCCCCCCCC(=O)O[C@@H]1[C@@H](CC(=O)NO)CO[C@H](CO)[C@H]1OC(=O)c1ccccc1. The van der Waals surface area contributed by atoms with Gasteiger partial charge in [-0.3, -0.25) is 14.8 Å². The number of hydroxylamine groups is 1. The Hall–Kier alpha value is -2.49. The van der Waals surface area contributed by atoms with E-state index in [0.717, 1.165) is 19.3 Å². The van der Waals surface area contributed by atoms with Crippen LogP contribution >= 0.6 is 0 Å². The van der Waals surface area contributed by atoms with Gasteiger partial charge in [-0.1, -0.05) is 89.3 Å². The van der Waals surface area contributed by atoms with E-state index in [-0.39, 0.29) is 19.4 Å². The van der Waals surface area contributed by atoms with Crippen molar-refractivity contribution < 1.29 is 38.9 Å². The van der Waals surface area contributed by atoms with E-state index < -0.39 is 48.7 Å². The first-order valence-electron chi connectivity index (χ1n) is 14.1. The first kappa shape index (κ1) is 31.7. The molecular formula is C29H45NO8. The van der Waals surface area contributed by atoms with Crippen LogP contribution in [0.2, 0.25) is 0 Å². The molecule has 0 aromatic heterocycles. The van der Waals surface area contributed by atoms with Crippen molar-refractivity contribution in [1.29, 1.82) is 0 Å². The summed E-state index contributed by atoms with van der Waals surface area (Å²) in [5.41, 5.74) is 1.87. The summed E-state index contributed by atoms with van der Waals surface area (Å²) in [4.78, 5) is 37.4. The maximum Gasteiger partial charge on any atom is 0.338 e. The van der Waals surface area contributed by atoms with Crippen LogP contribution in [0, 0.1) is 5.92 Å². The number of rotatable bonds is 18. The standard InChI is InChI=1S/C29H45NO8/c1-2-3-4-5-6-7-8-9-10-11-15-18-26(33)37-27-23(19-25(32)30-35)21-36-24(20-31)28(27)38-29(34)22-16-13-12-14-17-22/h12-14,16-17,23-24,27-28,31,35H,2-11,15,18-21H2,1H3,(H,30,32)/t23-,24+,27+,28+/m0/s1. The normalized spacial score (nSPS) is 21.0. The minimum atomic E-state index is -1.11. The molecule has 1 aliphatic heterocycles. The van der Waals surface area contributed by atoms with Gasteiger partial charge in [-0.2, -0.15) is 0 Å². The van der Waals surface area contributed by atoms with Crippen molar-refractivity contribution in [2.45, 2.75) is 109 Å². The van der Waals surface area contributed by atoms with Gasteiger partial charge < -0.3 is 19.3 Å². The summed E-state index contributed by atoms with van der Waals surface area (Å²) in [6.07, 6.45) is 9.73. The molecule has 0 spiro atoms. The van der Waals surface area contributed by atoms with E-state index in [1.165, 1.54) is 44.9 Å². The second-order valence-electron chi connectivity index (χ2n) is 10.0. The molecular weight excluding hydrogens is 490 g/mol. The van der Waals surface area contributed by atoms with Gasteiger partial charge in [0.05, 0.1) is 18.8 Å². The van der Waals surface area contributed by atoms with E-state index in [4.69, 9.17) is 19.4 Å². The third-order valence-electron chi connectivity index (χ3n) is 6.94. The van der Waals surface area contributed by atoms with Gasteiger partial charge >= 0.3 is 11.9 Å². The third kappa shape index (κ3) is 11.5. The number of aliphatic hydroxyl groups excluding tert-OH is 1. The number of unbranched alkanes of at least 4 members (excludes halogenated alkanes) is 10. The number of hydrogen-bond acceptors (Lipinski definition) is 8. The Morgan fingerprint density at radius 2 is 1.50 bits per heavy atom. The largest absolute Gasteiger partial charge is 0.458 e. The number of aliphatic hydroxyl groups is 1. The van der Waals surface area contributed by atoms with Gasteiger partial charge in [0, 0.05) is 18.8 Å². The molecule has 1 fully saturated rings. The predicted molar refractivity (Wildman–Crippen MR) is 141 cm³/mol. The Balaban J connectivity index is 1.89. The van der Waals surface area contributed by atoms with E-state index in [1.54, 1.807) is 35.8 Å². The highest BCUT2D eigenvalue weighted by atomic mass is 16.6. The molecule has 1 saturated heterocycles. The van der Waals surface area contributed by atoms with Crippen LogP contribution in [-0.2, 0) is 23.8 Å². The molecule has 2 rings (SSSR count). The van der Waals surface area contributed by atoms with Gasteiger partial charge in [0.2, 0.25) is 5.91 Å². The zero-order valence-electron chi connectivity index (χ0n) is 22.6.